The smallest absolute Gasteiger partial charge is 0.00683 e. The zero-order chi connectivity index (χ0) is 11.7. The molecular formula is C15H28N2. The second-order valence-electron chi connectivity index (χ2n) is 6.78. The molecule has 1 saturated heterocycles. The first kappa shape index (κ1) is 12.0. The lowest BCUT2D eigenvalue weighted by molar-refractivity contribution is 0.0715. The van der Waals surface area contributed by atoms with Crippen LogP contribution >= 0.6 is 0 Å². The molecule has 98 valence electrons. The normalized spacial score (nSPS) is 32.6. The molecule has 0 aromatic carbocycles. The van der Waals surface area contributed by atoms with Crippen LogP contribution in [0.4, 0.5) is 0 Å². The first-order chi connectivity index (χ1) is 8.30. The lowest BCUT2D eigenvalue weighted by atomic mass is 9.67. The topological polar surface area (TPSA) is 15.3 Å². The number of nitrogens with zero attached hydrogens (tertiary/aromatic N) is 1. The van der Waals surface area contributed by atoms with Crippen LogP contribution in [-0.4, -0.2) is 37.1 Å². The molecule has 17 heavy (non-hydrogen) atoms. The highest BCUT2D eigenvalue weighted by Gasteiger charge is 2.38. The third kappa shape index (κ3) is 2.85. The Bertz CT molecular complexity index is 250. The summed E-state index contributed by atoms with van der Waals surface area (Å²) in [5.74, 6) is 0.935. The molecule has 2 nitrogen and oxygen atoms in total. The minimum atomic E-state index is 0.721. The molecule has 1 heterocycles. The molecule has 1 aliphatic heterocycles. The molecule has 2 saturated carbocycles. The third-order valence-corrected chi connectivity index (χ3v) is 5.37. The highest BCUT2D eigenvalue weighted by molar-refractivity contribution is 4.92. The van der Waals surface area contributed by atoms with Crippen molar-refractivity contribution in [2.45, 2.75) is 57.9 Å². The van der Waals surface area contributed by atoms with Gasteiger partial charge in [-0.25, -0.2) is 0 Å². The van der Waals surface area contributed by atoms with E-state index in [4.69, 9.17) is 0 Å². The number of nitrogens with one attached hydrogen (secondary N) is 1. The van der Waals surface area contributed by atoms with Crippen molar-refractivity contribution in [3.05, 3.63) is 0 Å². The number of rotatable bonds is 6. The summed E-state index contributed by atoms with van der Waals surface area (Å²) in [7, 11) is 0. The van der Waals surface area contributed by atoms with E-state index in [9.17, 15) is 0 Å². The predicted molar refractivity (Wildman–Crippen MR) is 72.1 cm³/mol. The van der Waals surface area contributed by atoms with E-state index in [0.29, 0.717) is 0 Å². The van der Waals surface area contributed by atoms with Crippen LogP contribution in [0.25, 0.3) is 0 Å². The monoisotopic (exact) mass is 236 g/mol. The largest absolute Gasteiger partial charge is 0.314 e. The molecule has 0 radical (unpaired) electrons. The van der Waals surface area contributed by atoms with Gasteiger partial charge in [0.25, 0.3) is 0 Å². The van der Waals surface area contributed by atoms with Crippen molar-refractivity contribution < 1.29 is 0 Å². The molecule has 3 aliphatic rings. The SMILES string of the molecule is CCC1(CN2CCC(CNC3CC3)C2)CCC1. The average molecular weight is 236 g/mol. The Balaban J connectivity index is 1.40. The van der Waals surface area contributed by atoms with Gasteiger partial charge in [-0.05, 0) is 62.9 Å². The minimum Gasteiger partial charge on any atom is -0.314 e. The zero-order valence-corrected chi connectivity index (χ0v) is 11.4. The maximum atomic E-state index is 3.70. The summed E-state index contributed by atoms with van der Waals surface area (Å²) in [5, 5.41) is 3.70. The van der Waals surface area contributed by atoms with E-state index in [0.717, 1.165) is 17.4 Å². The second kappa shape index (κ2) is 4.89. The Morgan fingerprint density at radius 2 is 2.06 bits per heavy atom. The van der Waals surface area contributed by atoms with Crippen LogP contribution in [0.5, 0.6) is 0 Å². The number of hydrogen-bond acceptors (Lipinski definition) is 2. The Morgan fingerprint density at radius 1 is 1.24 bits per heavy atom. The maximum absolute atomic E-state index is 3.70. The van der Waals surface area contributed by atoms with Crippen LogP contribution in [0.1, 0.15) is 51.9 Å². The summed E-state index contributed by atoms with van der Waals surface area (Å²) in [6, 6.07) is 0.887. The van der Waals surface area contributed by atoms with Crippen molar-refractivity contribution >= 4 is 0 Å². The van der Waals surface area contributed by atoms with Crippen LogP contribution in [0.2, 0.25) is 0 Å². The average Bonchev–Trinajstić information content (AvgIpc) is 3.01. The number of likely N-dealkylation sites (tertiary alicyclic amines) is 1. The van der Waals surface area contributed by atoms with Crippen molar-refractivity contribution in [1.29, 1.82) is 0 Å². The molecule has 1 N–H and O–H groups in total. The summed E-state index contributed by atoms with van der Waals surface area (Å²) >= 11 is 0. The second-order valence-corrected chi connectivity index (χ2v) is 6.78. The summed E-state index contributed by atoms with van der Waals surface area (Å²) < 4.78 is 0. The van der Waals surface area contributed by atoms with Crippen molar-refractivity contribution in [2.24, 2.45) is 11.3 Å². The van der Waals surface area contributed by atoms with Crippen LogP contribution < -0.4 is 5.32 Å². The highest BCUT2D eigenvalue weighted by Crippen LogP contribution is 2.44. The van der Waals surface area contributed by atoms with Crippen LogP contribution in [-0.2, 0) is 0 Å². The van der Waals surface area contributed by atoms with E-state index in [1.165, 1.54) is 71.1 Å². The molecule has 0 amide bonds. The molecule has 3 fully saturated rings. The molecular weight excluding hydrogens is 208 g/mol. The van der Waals surface area contributed by atoms with Gasteiger partial charge in [0.15, 0.2) is 0 Å². The first-order valence-corrected chi connectivity index (χ1v) is 7.75. The third-order valence-electron chi connectivity index (χ3n) is 5.37. The summed E-state index contributed by atoms with van der Waals surface area (Å²) in [6.07, 6.45) is 10.1. The van der Waals surface area contributed by atoms with Crippen molar-refractivity contribution in [3.63, 3.8) is 0 Å². The Morgan fingerprint density at radius 3 is 2.65 bits per heavy atom. The van der Waals surface area contributed by atoms with E-state index in [2.05, 4.69) is 17.1 Å². The van der Waals surface area contributed by atoms with Gasteiger partial charge in [0.2, 0.25) is 0 Å². The fourth-order valence-electron chi connectivity index (χ4n) is 3.62. The standard InChI is InChI=1S/C15H28N2/c1-2-15(7-3-8-15)12-17-9-6-13(11-17)10-16-14-4-5-14/h13-14,16H,2-12H2,1H3. The van der Waals surface area contributed by atoms with Gasteiger partial charge in [-0.3, -0.25) is 0 Å². The fraction of sp³-hybridized carbons (Fsp3) is 1.00. The lowest BCUT2D eigenvalue weighted by Crippen LogP contribution is -2.41. The summed E-state index contributed by atoms with van der Waals surface area (Å²) in [5.41, 5.74) is 0.721. The molecule has 2 aliphatic carbocycles. The van der Waals surface area contributed by atoms with Gasteiger partial charge in [0, 0.05) is 19.1 Å². The van der Waals surface area contributed by atoms with Crippen LogP contribution in [0.15, 0.2) is 0 Å². The van der Waals surface area contributed by atoms with E-state index in [-0.39, 0.29) is 0 Å². The molecule has 0 bridgehead atoms. The van der Waals surface area contributed by atoms with Gasteiger partial charge in [-0.15, -0.1) is 0 Å². The van der Waals surface area contributed by atoms with Gasteiger partial charge in [0.1, 0.15) is 0 Å². The van der Waals surface area contributed by atoms with Gasteiger partial charge in [-0.1, -0.05) is 13.3 Å². The molecule has 3 rings (SSSR count). The van der Waals surface area contributed by atoms with Gasteiger partial charge in [0.05, 0.1) is 0 Å². The van der Waals surface area contributed by atoms with E-state index in [1.807, 2.05) is 0 Å². The maximum Gasteiger partial charge on any atom is 0.00683 e. The van der Waals surface area contributed by atoms with E-state index in [1.54, 1.807) is 0 Å². The highest BCUT2D eigenvalue weighted by atomic mass is 15.2. The Labute approximate surface area is 106 Å². The Hall–Kier alpha value is -0.0800. The predicted octanol–water partition coefficient (Wildman–Crippen LogP) is 2.64. The lowest BCUT2D eigenvalue weighted by Gasteiger charge is -2.44. The van der Waals surface area contributed by atoms with Crippen LogP contribution in [0.3, 0.4) is 0 Å². The number of hydrogen-bond donors (Lipinski definition) is 1. The molecule has 0 aromatic heterocycles. The Kier molecular flexibility index (Phi) is 3.45. The van der Waals surface area contributed by atoms with Crippen molar-refractivity contribution in [1.82, 2.24) is 10.2 Å². The van der Waals surface area contributed by atoms with Crippen molar-refractivity contribution in [3.8, 4) is 0 Å². The zero-order valence-electron chi connectivity index (χ0n) is 11.4. The van der Waals surface area contributed by atoms with E-state index >= 15 is 0 Å². The molecule has 0 aromatic rings. The minimum absolute atomic E-state index is 0.721. The quantitative estimate of drug-likeness (QED) is 0.763. The summed E-state index contributed by atoms with van der Waals surface area (Å²) in [4.78, 5) is 2.75. The van der Waals surface area contributed by atoms with Gasteiger partial charge >= 0.3 is 0 Å². The van der Waals surface area contributed by atoms with Crippen LogP contribution in [0, 0.1) is 11.3 Å². The molecule has 1 atom stereocenters. The molecule has 0 spiro atoms. The van der Waals surface area contributed by atoms with Crippen molar-refractivity contribution in [2.75, 3.05) is 26.2 Å². The molecule has 2 heteroatoms. The first-order valence-electron chi connectivity index (χ1n) is 7.75. The summed E-state index contributed by atoms with van der Waals surface area (Å²) in [6.45, 7) is 7.78. The fourth-order valence-corrected chi connectivity index (χ4v) is 3.62. The van der Waals surface area contributed by atoms with E-state index < -0.39 is 0 Å². The van der Waals surface area contributed by atoms with Gasteiger partial charge < -0.3 is 10.2 Å². The molecule has 1 unspecified atom stereocenters. The van der Waals surface area contributed by atoms with Gasteiger partial charge in [-0.2, -0.15) is 0 Å².